The average Bonchev–Trinajstić information content (AvgIpc) is 2.93. The van der Waals surface area contributed by atoms with Crippen LogP contribution in [0.5, 0.6) is 0 Å². The maximum absolute atomic E-state index is 13.7. The lowest BCUT2D eigenvalue weighted by atomic mass is 9.80. The van der Waals surface area contributed by atoms with Gasteiger partial charge in [-0.05, 0) is 31.5 Å². The van der Waals surface area contributed by atoms with Gasteiger partial charge in [0.1, 0.15) is 0 Å². The lowest BCUT2D eigenvalue weighted by molar-refractivity contribution is 0.0882. The van der Waals surface area contributed by atoms with E-state index in [-0.39, 0.29) is 17.1 Å². The van der Waals surface area contributed by atoms with E-state index in [0.717, 1.165) is 5.56 Å². The second kappa shape index (κ2) is 4.85. The van der Waals surface area contributed by atoms with Gasteiger partial charge in [-0.1, -0.05) is 42.5 Å². The fourth-order valence-corrected chi connectivity index (χ4v) is 2.43. The van der Waals surface area contributed by atoms with Crippen LogP contribution in [0.2, 0.25) is 0 Å². The molecule has 0 saturated carbocycles. The Morgan fingerprint density at radius 2 is 1.76 bits per heavy atom. The molecule has 106 valence electrons. The highest BCUT2D eigenvalue weighted by Crippen LogP contribution is 2.30. The first kappa shape index (κ1) is 13.6. The van der Waals surface area contributed by atoms with Crippen LogP contribution >= 0.6 is 0 Å². The second-order valence-corrected chi connectivity index (χ2v) is 5.59. The van der Waals surface area contributed by atoms with Crippen molar-refractivity contribution in [1.29, 1.82) is 0 Å². The van der Waals surface area contributed by atoms with Crippen molar-refractivity contribution >= 4 is 16.8 Å². The minimum Gasteiger partial charge on any atom is -0.450 e. The number of furan rings is 1. The van der Waals surface area contributed by atoms with Crippen molar-refractivity contribution in [3.63, 3.8) is 0 Å². The first-order valence-electron chi connectivity index (χ1n) is 6.78. The molecule has 2 aromatic carbocycles. The van der Waals surface area contributed by atoms with Crippen LogP contribution in [0.4, 0.5) is 4.39 Å². The summed E-state index contributed by atoms with van der Waals surface area (Å²) in [6.45, 7) is 3.68. The number of ketones is 1. The zero-order valence-electron chi connectivity index (χ0n) is 11.9. The summed E-state index contributed by atoms with van der Waals surface area (Å²) in [5, 5.41) is 0.599. The number of hydrogen-bond acceptors (Lipinski definition) is 2. The molecule has 0 aliphatic heterocycles. The number of rotatable bonds is 3. The largest absolute Gasteiger partial charge is 0.450 e. The van der Waals surface area contributed by atoms with Gasteiger partial charge in [0, 0.05) is 5.39 Å². The van der Waals surface area contributed by atoms with E-state index in [1.165, 1.54) is 6.07 Å². The summed E-state index contributed by atoms with van der Waals surface area (Å²) in [6.07, 6.45) is 0. The molecule has 0 spiro atoms. The molecule has 1 aromatic heterocycles. The van der Waals surface area contributed by atoms with Gasteiger partial charge in [0.05, 0.1) is 5.41 Å². The van der Waals surface area contributed by atoms with Crippen LogP contribution in [0.15, 0.2) is 59.0 Å². The van der Waals surface area contributed by atoms with E-state index >= 15 is 0 Å². The van der Waals surface area contributed by atoms with Crippen molar-refractivity contribution in [2.24, 2.45) is 0 Å². The van der Waals surface area contributed by atoms with E-state index in [1.807, 2.05) is 44.2 Å². The number of benzene rings is 2. The SMILES string of the molecule is CC(C)(C(=O)c1cc2cccc(F)c2o1)c1ccccc1. The molecular weight excluding hydrogens is 267 g/mol. The first-order chi connectivity index (χ1) is 10.00. The fourth-order valence-electron chi connectivity index (χ4n) is 2.43. The van der Waals surface area contributed by atoms with Crippen LogP contribution in [0.1, 0.15) is 30.0 Å². The topological polar surface area (TPSA) is 30.2 Å². The second-order valence-electron chi connectivity index (χ2n) is 5.59. The average molecular weight is 282 g/mol. The molecule has 0 amide bonds. The van der Waals surface area contributed by atoms with E-state index in [1.54, 1.807) is 18.2 Å². The van der Waals surface area contributed by atoms with Gasteiger partial charge < -0.3 is 4.42 Å². The quantitative estimate of drug-likeness (QED) is 0.650. The molecule has 3 heteroatoms. The molecule has 1 heterocycles. The summed E-state index contributed by atoms with van der Waals surface area (Å²) in [6, 6.07) is 15.8. The number of para-hydroxylation sites is 1. The molecule has 0 unspecified atom stereocenters. The smallest absolute Gasteiger partial charge is 0.207 e. The standard InChI is InChI=1S/C18H15FO2/c1-18(2,13-8-4-3-5-9-13)17(20)15-11-12-7-6-10-14(19)16(12)21-15/h3-11H,1-2H3. The highest BCUT2D eigenvalue weighted by atomic mass is 19.1. The number of carbonyl (C=O) groups is 1. The van der Waals surface area contributed by atoms with Crippen LogP contribution < -0.4 is 0 Å². The molecule has 0 saturated heterocycles. The maximum atomic E-state index is 13.7. The van der Waals surface area contributed by atoms with Gasteiger partial charge in [0.25, 0.3) is 0 Å². The maximum Gasteiger partial charge on any atom is 0.207 e. The van der Waals surface area contributed by atoms with Gasteiger partial charge >= 0.3 is 0 Å². The number of halogens is 1. The van der Waals surface area contributed by atoms with Crippen molar-refractivity contribution in [3.8, 4) is 0 Å². The van der Waals surface area contributed by atoms with Crippen LogP contribution in [0, 0.1) is 5.82 Å². The molecule has 0 radical (unpaired) electrons. The molecular formula is C18H15FO2. The highest BCUT2D eigenvalue weighted by molar-refractivity contribution is 6.04. The fraction of sp³-hybridized carbons (Fsp3) is 0.167. The van der Waals surface area contributed by atoms with Crippen molar-refractivity contribution in [2.75, 3.05) is 0 Å². The third-order valence-electron chi connectivity index (χ3n) is 3.78. The van der Waals surface area contributed by atoms with E-state index < -0.39 is 11.2 Å². The van der Waals surface area contributed by atoms with Gasteiger partial charge in [0.2, 0.25) is 5.78 Å². The van der Waals surface area contributed by atoms with Gasteiger partial charge in [-0.3, -0.25) is 4.79 Å². The number of carbonyl (C=O) groups excluding carboxylic acids is 1. The Labute approximate surface area is 122 Å². The Morgan fingerprint density at radius 1 is 1.05 bits per heavy atom. The van der Waals surface area contributed by atoms with E-state index in [0.29, 0.717) is 5.39 Å². The van der Waals surface area contributed by atoms with Gasteiger partial charge in [-0.15, -0.1) is 0 Å². The minimum absolute atomic E-state index is 0.129. The van der Waals surface area contributed by atoms with Gasteiger partial charge in [-0.25, -0.2) is 4.39 Å². The predicted molar refractivity (Wildman–Crippen MR) is 80.0 cm³/mol. The van der Waals surface area contributed by atoms with Crippen molar-refractivity contribution in [1.82, 2.24) is 0 Å². The Kier molecular flexibility index (Phi) is 3.13. The molecule has 0 aliphatic rings. The third kappa shape index (κ3) is 2.25. The molecule has 0 bridgehead atoms. The Morgan fingerprint density at radius 3 is 2.43 bits per heavy atom. The van der Waals surface area contributed by atoms with Crippen LogP contribution in [-0.2, 0) is 5.41 Å². The van der Waals surface area contributed by atoms with Crippen LogP contribution in [0.3, 0.4) is 0 Å². The lowest BCUT2D eigenvalue weighted by Gasteiger charge is -2.22. The molecule has 2 nitrogen and oxygen atoms in total. The van der Waals surface area contributed by atoms with E-state index in [4.69, 9.17) is 4.42 Å². The van der Waals surface area contributed by atoms with Crippen LogP contribution in [-0.4, -0.2) is 5.78 Å². The van der Waals surface area contributed by atoms with Gasteiger partial charge in [-0.2, -0.15) is 0 Å². The van der Waals surface area contributed by atoms with Crippen LogP contribution in [0.25, 0.3) is 11.0 Å². The molecule has 3 aromatic rings. The minimum atomic E-state index is -0.731. The lowest BCUT2D eigenvalue weighted by Crippen LogP contribution is -2.28. The summed E-state index contributed by atoms with van der Waals surface area (Å²) in [5.74, 6) is -0.433. The Balaban J connectivity index is 2.06. The van der Waals surface area contributed by atoms with Crippen molar-refractivity contribution in [3.05, 3.63) is 71.7 Å². The Bertz CT molecular complexity index is 800. The zero-order chi connectivity index (χ0) is 15.0. The monoisotopic (exact) mass is 282 g/mol. The summed E-state index contributed by atoms with van der Waals surface area (Å²) in [4.78, 5) is 12.7. The molecule has 3 rings (SSSR count). The molecule has 0 aliphatic carbocycles. The molecule has 0 atom stereocenters. The number of hydrogen-bond donors (Lipinski definition) is 0. The Hall–Kier alpha value is -2.42. The zero-order valence-corrected chi connectivity index (χ0v) is 11.9. The van der Waals surface area contributed by atoms with E-state index in [2.05, 4.69) is 0 Å². The summed E-state index contributed by atoms with van der Waals surface area (Å²) < 4.78 is 19.1. The normalized spacial score (nSPS) is 11.8. The molecule has 0 fully saturated rings. The molecule has 0 N–H and O–H groups in total. The molecule has 21 heavy (non-hydrogen) atoms. The number of Topliss-reactive ketones (excluding diaryl/α,β-unsaturated/α-hetero) is 1. The summed E-state index contributed by atoms with van der Waals surface area (Å²) in [7, 11) is 0. The summed E-state index contributed by atoms with van der Waals surface area (Å²) >= 11 is 0. The van der Waals surface area contributed by atoms with Gasteiger partial charge in [0.15, 0.2) is 17.2 Å². The van der Waals surface area contributed by atoms with Crippen molar-refractivity contribution < 1.29 is 13.6 Å². The van der Waals surface area contributed by atoms with E-state index in [9.17, 15) is 9.18 Å². The number of fused-ring (bicyclic) bond motifs is 1. The third-order valence-corrected chi connectivity index (χ3v) is 3.78. The first-order valence-corrected chi connectivity index (χ1v) is 6.78. The summed E-state index contributed by atoms with van der Waals surface area (Å²) in [5.41, 5.74) is 0.298. The highest BCUT2D eigenvalue weighted by Gasteiger charge is 2.33. The van der Waals surface area contributed by atoms with Crippen molar-refractivity contribution in [2.45, 2.75) is 19.3 Å². The predicted octanol–water partition coefficient (Wildman–Crippen LogP) is 4.73.